The summed E-state index contributed by atoms with van der Waals surface area (Å²) >= 11 is 0. The fourth-order valence-electron chi connectivity index (χ4n) is 1.41. The van der Waals surface area contributed by atoms with Crippen molar-refractivity contribution >= 4 is 16.9 Å². The van der Waals surface area contributed by atoms with E-state index in [1.165, 1.54) is 25.3 Å². The van der Waals surface area contributed by atoms with Crippen LogP contribution in [0.15, 0.2) is 22.6 Å². The molecule has 2 N–H and O–H groups in total. The number of carbonyl (C=O) groups is 1. The Balaban J connectivity index is 2.79. The molecule has 0 radical (unpaired) electrons. The zero-order valence-electron chi connectivity index (χ0n) is 7.85. The number of carboxylic acid groups (broad SMARTS) is 1. The third kappa shape index (κ3) is 1.38. The highest BCUT2D eigenvalue weighted by molar-refractivity contribution is 5.98. The highest BCUT2D eigenvalue weighted by Crippen LogP contribution is 2.34. The minimum absolute atomic E-state index is 0.0264. The quantitative estimate of drug-likeness (QED) is 0.787. The topological polar surface area (TPSA) is 79.9 Å². The highest BCUT2D eigenvalue weighted by Gasteiger charge is 2.20. The monoisotopic (exact) mass is 208 g/mol. The summed E-state index contributed by atoms with van der Waals surface area (Å²) < 4.78 is 10.0. The fraction of sp³-hybridized carbons (Fsp3) is 0.100. The standard InChI is InChI=1S/C10H8O5/c1-14-8-6-4-5(11)2-3-7(6)15-9(8)10(12)13/h2-4,11H,1H3,(H,12,13). The molecule has 78 valence electrons. The van der Waals surface area contributed by atoms with Crippen molar-refractivity contribution in [3.63, 3.8) is 0 Å². The number of furan rings is 1. The predicted octanol–water partition coefficient (Wildman–Crippen LogP) is 1.85. The first-order valence-electron chi connectivity index (χ1n) is 4.16. The van der Waals surface area contributed by atoms with E-state index in [1.807, 2.05) is 0 Å². The van der Waals surface area contributed by atoms with E-state index in [2.05, 4.69) is 0 Å². The van der Waals surface area contributed by atoms with Gasteiger partial charge in [-0.25, -0.2) is 4.79 Å². The third-order valence-corrected chi connectivity index (χ3v) is 2.02. The molecule has 0 amide bonds. The molecule has 0 saturated carbocycles. The van der Waals surface area contributed by atoms with Gasteiger partial charge in [0.15, 0.2) is 5.75 Å². The van der Waals surface area contributed by atoms with Crippen molar-refractivity contribution in [2.24, 2.45) is 0 Å². The van der Waals surface area contributed by atoms with Gasteiger partial charge < -0.3 is 19.4 Å². The number of hydrogen-bond acceptors (Lipinski definition) is 4. The maximum atomic E-state index is 10.8. The molecule has 2 rings (SSSR count). The SMILES string of the molecule is COc1c(C(=O)O)oc2ccc(O)cc12. The Kier molecular flexibility index (Phi) is 2.00. The van der Waals surface area contributed by atoms with Crippen LogP contribution in [-0.4, -0.2) is 23.3 Å². The summed E-state index contributed by atoms with van der Waals surface area (Å²) in [7, 11) is 1.35. The van der Waals surface area contributed by atoms with Gasteiger partial charge in [-0.3, -0.25) is 0 Å². The Morgan fingerprint density at radius 2 is 2.20 bits per heavy atom. The summed E-state index contributed by atoms with van der Waals surface area (Å²) in [5, 5.41) is 18.5. The summed E-state index contributed by atoms with van der Waals surface area (Å²) in [6.07, 6.45) is 0. The molecule has 0 bridgehead atoms. The van der Waals surface area contributed by atoms with Gasteiger partial charge in [0, 0.05) is 0 Å². The maximum absolute atomic E-state index is 10.8. The second-order valence-electron chi connectivity index (χ2n) is 2.95. The lowest BCUT2D eigenvalue weighted by Gasteiger charge is -1.96. The van der Waals surface area contributed by atoms with Crippen molar-refractivity contribution in [1.29, 1.82) is 0 Å². The van der Waals surface area contributed by atoms with Crippen LogP contribution in [0.5, 0.6) is 11.5 Å². The second kappa shape index (κ2) is 3.20. The number of fused-ring (bicyclic) bond motifs is 1. The van der Waals surface area contributed by atoms with Gasteiger partial charge in [-0.2, -0.15) is 0 Å². The molecule has 0 unspecified atom stereocenters. The Labute approximate surface area is 84.5 Å². The molecule has 5 heteroatoms. The van der Waals surface area contributed by atoms with E-state index in [1.54, 1.807) is 0 Å². The van der Waals surface area contributed by atoms with Crippen molar-refractivity contribution in [2.45, 2.75) is 0 Å². The molecule has 0 spiro atoms. The van der Waals surface area contributed by atoms with E-state index in [4.69, 9.17) is 14.3 Å². The van der Waals surface area contributed by atoms with Crippen LogP contribution < -0.4 is 4.74 Å². The Bertz CT molecular complexity index is 526. The summed E-state index contributed by atoms with van der Waals surface area (Å²) in [6.45, 7) is 0. The van der Waals surface area contributed by atoms with Crippen molar-refractivity contribution in [3.05, 3.63) is 24.0 Å². The molecule has 0 aliphatic rings. The molecule has 0 saturated heterocycles. The normalized spacial score (nSPS) is 10.5. The molecule has 1 aromatic heterocycles. The Morgan fingerprint density at radius 1 is 1.47 bits per heavy atom. The average molecular weight is 208 g/mol. The smallest absolute Gasteiger partial charge is 0.375 e. The third-order valence-electron chi connectivity index (χ3n) is 2.02. The van der Waals surface area contributed by atoms with Crippen molar-refractivity contribution in [1.82, 2.24) is 0 Å². The number of aromatic carboxylic acids is 1. The minimum Gasteiger partial charge on any atom is -0.508 e. The first-order chi connectivity index (χ1) is 7.13. The molecule has 0 aliphatic carbocycles. The van der Waals surface area contributed by atoms with Crippen LogP contribution in [0.3, 0.4) is 0 Å². The van der Waals surface area contributed by atoms with Gasteiger partial charge in [0.2, 0.25) is 0 Å². The molecule has 1 heterocycles. The number of phenols is 1. The van der Waals surface area contributed by atoms with E-state index in [9.17, 15) is 9.90 Å². The zero-order chi connectivity index (χ0) is 11.0. The lowest BCUT2D eigenvalue weighted by molar-refractivity contribution is 0.0660. The van der Waals surface area contributed by atoms with E-state index >= 15 is 0 Å². The average Bonchev–Trinajstić information content (AvgIpc) is 2.55. The molecule has 1 aromatic carbocycles. The van der Waals surface area contributed by atoms with Gasteiger partial charge >= 0.3 is 5.97 Å². The van der Waals surface area contributed by atoms with Crippen LogP contribution >= 0.6 is 0 Å². The van der Waals surface area contributed by atoms with Crippen molar-refractivity contribution < 1.29 is 24.2 Å². The largest absolute Gasteiger partial charge is 0.508 e. The number of aromatic hydroxyl groups is 1. The summed E-state index contributed by atoms with van der Waals surface area (Å²) in [6, 6.07) is 4.29. The summed E-state index contributed by atoms with van der Waals surface area (Å²) in [5.74, 6) is -1.33. The summed E-state index contributed by atoms with van der Waals surface area (Å²) in [4.78, 5) is 10.8. The van der Waals surface area contributed by atoms with Gasteiger partial charge in [-0.1, -0.05) is 0 Å². The van der Waals surface area contributed by atoms with E-state index in [0.717, 1.165) is 0 Å². The molecule has 5 nitrogen and oxygen atoms in total. The zero-order valence-corrected chi connectivity index (χ0v) is 7.85. The van der Waals surface area contributed by atoms with Crippen LogP contribution in [0.25, 0.3) is 11.0 Å². The molecule has 0 aliphatic heterocycles. The Morgan fingerprint density at radius 3 is 2.80 bits per heavy atom. The van der Waals surface area contributed by atoms with Crippen LogP contribution in [0.1, 0.15) is 10.6 Å². The van der Waals surface area contributed by atoms with Crippen LogP contribution in [0, 0.1) is 0 Å². The predicted molar refractivity (Wildman–Crippen MR) is 51.4 cm³/mol. The molecule has 15 heavy (non-hydrogen) atoms. The summed E-state index contributed by atoms with van der Waals surface area (Å²) in [5.41, 5.74) is 0.363. The molecule has 0 atom stereocenters. The van der Waals surface area contributed by atoms with Gasteiger partial charge in [-0.05, 0) is 18.2 Å². The van der Waals surface area contributed by atoms with Crippen LogP contribution in [0.2, 0.25) is 0 Å². The lowest BCUT2D eigenvalue weighted by Crippen LogP contribution is -1.96. The molecule has 0 fully saturated rings. The van der Waals surface area contributed by atoms with Gasteiger partial charge in [0.25, 0.3) is 5.76 Å². The second-order valence-corrected chi connectivity index (χ2v) is 2.95. The maximum Gasteiger partial charge on any atom is 0.375 e. The van der Waals surface area contributed by atoms with Crippen molar-refractivity contribution in [2.75, 3.05) is 7.11 Å². The Hall–Kier alpha value is -2.17. The van der Waals surface area contributed by atoms with E-state index in [-0.39, 0.29) is 17.3 Å². The first-order valence-corrected chi connectivity index (χ1v) is 4.16. The van der Waals surface area contributed by atoms with E-state index in [0.29, 0.717) is 11.0 Å². The number of ether oxygens (including phenoxy) is 1. The van der Waals surface area contributed by atoms with Crippen LogP contribution in [-0.2, 0) is 0 Å². The van der Waals surface area contributed by atoms with Crippen LogP contribution in [0.4, 0.5) is 0 Å². The molecular formula is C10H8O5. The number of rotatable bonds is 2. The van der Waals surface area contributed by atoms with Gasteiger partial charge in [-0.15, -0.1) is 0 Å². The number of methoxy groups -OCH3 is 1. The van der Waals surface area contributed by atoms with Gasteiger partial charge in [0.1, 0.15) is 11.3 Å². The number of benzene rings is 1. The minimum atomic E-state index is -1.21. The number of hydrogen-bond donors (Lipinski definition) is 2. The first kappa shape index (κ1) is 9.39. The van der Waals surface area contributed by atoms with E-state index < -0.39 is 5.97 Å². The number of phenolic OH excluding ortho intramolecular Hbond substituents is 1. The molecular weight excluding hydrogens is 200 g/mol. The number of carboxylic acids is 1. The fourth-order valence-corrected chi connectivity index (χ4v) is 1.41. The van der Waals surface area contributed by atoms with Crippen molar-refractivity contribution in [3.8, 4) is 11.5 Å². The highest BCUT2D eigenvalue weighted by atomic mass is 16.5. The lowest BCUT2D eigenvalue weighted by atomic mass is 10.2. The van der Waals surface area contributed by atoms with Gasteiger partial charge in [0.05, 0.1) is 12.5 Å². The molecule has 2 aromatic rings.